The molecule has 3 rings (SSSR count). The summed E-state index contributed by atoms with van der Waals surface area (Å²) in [7, 11) is 2.30. The van der Waals surface area contributed by atoms with Gasteiger partial charge in [0.2, 0.25) is 11.7 Å². The van der Waals surface area contributed by atoms with Gasteiger partial charge in [0, 0.05) is 29.6 Å². The molecule has 1 aromatic heterocycles. The highest BCUT2D eigenvalue weighted by atomic mass is 19.4. The topological polar surface area (TPSA) is 54.5 Å². The predicted octanol–water partition coefficient (Wildman–Crippen LogP) is 4.36. The van der Waals surface area contributed by atoms with E-state index in [2.05, 4.69) is 10.3 Å². The van der Waals surface area contributed by atoms with Crippen LogP contribution >= 0.6 is 0 Å². The van der Waals surface area contributed by atoms with E-state index in [-0.39, 0.29) is 5.56 Å². The highest BCUT2D eigenvalue weighted by Gasteiger charge is 2.67. The first-order valence-electron chi connectivity index (χ1n) is 9.47. The fourth-order valence-corrected chi connectivity index (χ4v) is 4.38. The maximum atomic E-state index is 14.4. The smallest absolute Gasteiger partial charge is 0.406 e. The van der Waals surface area contributed by atoms with Crippen LogP contribution in [0.15, 0.2) is 36.7 Å². The number of carbonyl (C=O) groups is 1. The van der Waals surface area contributed by atoms with Crippen molar-refractivity contribution in [2.75, 3.05) is 19.5 Å². The van der Waals surface area contributed by atoms with Crippen molar-refractivity contribution in [2.45, 2.75) is 37.5 Å². The number of nitrogens with zero attached hydrogens (tertiary/aromatic N) is 2. The molecule has 1 fully saturated rings. The fourth-order valence-electron chi connectivity index (χ4n) is 4.38. The number of nitrogens with one attached hydrogen (secondary N) is 1. The van der Waals surface area contributed by atoms with Gasteiger partial charge in [-0.2, -0.15) is 17.6 Å². The summed E-state index contributed by atoms with van der Waals surface area (Å²) >= 11 is 0. The number of anilines is 1. The second-order valence-corrected chi connectivity index (χ2v) is 7.72. The van der Waals surface area contributed by atoms with Crippen molar-refractivity contribution >= 4 is 11.6 Å². The van der Waals surface area contributed by atoms with Crippen molar-refractivity contribution in [1.29, 1.82) is 0 Å². The van der Waals surface area contributed by atoms with Crippen molar-refractivity contribution in [3.63, 3.8) is 0 Å². The number of halogens is 5. The molecule has 1 aliphatic heterocycles. The Hall–Kier alpha value is -2.75. The van der Waals surface area contributed by atoms with Crippen LogP contribution in [0, 0.1) is 17.6 Å². The number of likely N-dealkylation sites (N-methyl/N-ethyl adjacent to an activating group) is 1. The third-order valence-corrected chi connectivity index (χ3v) is 6.35. The van der Waals surface area contributed by atoms with Crippen molar-refractivity contribution in [3.8, 4) is 5.75 Å². The molecule has 0 spiro atoms. The van der Waals surface area contributed by atoms with Crippen molar-refractivity contribution in [1.82, 2.24) is 9.88 Å². The van der Waals surface area contributed by atoms with Crippen molar-refractivity contribution < 1.29 is 31.5 Å². The van der Waals surface area contributed by atoms with Crippen LogP contribution in [0.1, 0.15) is 25.3 Å². The third kappa shape index (κ3) is 3.62. The van der Waals surface area contributed by atoms with E-state index in [1.165, 1.54) is 44.6 Å². The van der Waals surface area contributed by atoms with Crippen LogP contribution in [-0.2, 0) is 4.79 Å². The zero-order valence-electron chi connectivity index (χ0n) is 17.3. The number of pyridine rings is 1. The van der Waals surface area contributed by atoms with E-state index in [0.29, 0.717) is 5.69 Å². The zero-order valence-corrected chi connectivity index (χ0v) is 17.3. The van der Waals surface area contributed by atoms with E-state index in [1.807, 2.05) is 0 Å². The maximum Gasteiger partial charge on any atom is 0.406 e. The lowest BCUT2D eigenvalue weighted by molar-refractivity contribution is -0.227. The number of aromatic nitrogens is 1. The molecule has 4 atom stereocenters. The van der Waals surface area contributed by atoms with E-state index in [9.17, 15) is 26.7 Å². The normalized spacial score (nSPS) is 26.7. The first-order valence-corrected chi connectivity index (χ1v) is 9.47. The van der Waals surface area contributed by atoms with E-state index in [4.69, 9.17) is 4.74 Å². The van der Waals surface area contributed by atoms with E-state index < -0.39 is 52.9 Å². The lowest BCUT2D eigenvalue weighted by Gasteiger charge is -2.38. The summed E-state index contributed by atoms with van der Waals surface area (Å²) in [6.07, 6.45) is -1.85. The molecule has 1 N–H and O–H groups in total. The number of methoxy groups -OCH3 is 1. The van der Waals surface area contributed by atoms with Crippen LogP contribution < -0.4 is 10.1 Å². The summed E-state index contributed by atoms with van der Waals surface area (Å²) in [5.74, 6) is -6.07. The number of hydrogen-bond donors (Lipinski definition) is 1. The molecule has 1 aromatic carbocycles. The molecule has 10 heteroatoms. The summed E-state index contributed by atoms with van der Waals surface area (Å²) in [5.41, 5.74) is -2.07. The second kappa shape index (κ2) is 8.07. The van der Waals surface area contributed by atoms with Crippen LogP contribution in [0.25, 0.3) is 0 Å². The summed E-state index contributed by atoms with van der Waals surface area (Å²) in [6, 6.07) is 3.63. The molecule has 0 bridgehead atoms. The van der Waals surface area contributed by atoms with Crippen LogP contribution in [0.3, 0.4) is 0 Å². The summed E-state index contributed by atoms with van der Waals surface area (Å²) in [5, 5.41) is 2.59. The number of hydrogen-bond acceptors (Lipinski definition) is 4. The molecule has 1 amide bonds. The van der Waals surface area contributed by atoms with Crippen LogP contribution in [0.2, 0.25) is 0 Å². The average molecular weight is 443 g/mol. The van der Waals surface area contributed by atoms with Gasteiger partial charge in [0.25, 0.3) is 0 Å². The van der Waals surface area contributed by atoms with Gasteiger partial charge in [-0.1, -0.05) is 13.0 Å². The number of ether oxygens (including phenoxy) is 1. The van der Waals surface area contributed by atoms with Gasteiger partial charge in [-0.25, -0.2) is 4.39 Å². The molecule has 1 saturated heterocycles. The molecule has 0 radical (unpaired) electrons. The monoisotopic (exact) mass is 443 g/mol. The zero-order chi connectivity index (χ0) is 23.1. The molecule has 2 heterocycles. The van der Waals surface area contributed by atoms with Crippen LogP contribution in [-0.4, -0.2) is 47.7 Å². The highest BCUT2D eigenvalue weighted by Crippen LogP contribution is 2.55. The molecule has 5 nitrogen and oxygen atoms in total. The van der Waals surface area contributed by atoms with Crippen LogP contribution in [0.4, 0.5) is 27.6 Å². The third-order valence-electron chi connectivity index (χ3n) is 6.35. The van der Waals surface area contributed by atoms with Gasteiger partial charge in [-0.3, -0.25) is 14.7 Å². The van der Waals surface area contributed by atoms with E-state index >= 15 is 0 Å². The van der Waals surface area contributed by atoms with E-state index in [0.717, 1.165) is 25.0 Å². The number of likely N-dealkylation sites (tertiary alicyclic amines) is 1. The molecule has 0 saturated carbocycles. The van der Waals surface area contributed by atoms with E-state index in [1.54, 1.807) is 0 Å². The minimum Gasteiger partial charge on any atom is -0.493 e. The van der Waals surface area contributed by atoms with Gasteiger partial charge in [0.15, 0.2) is 11.6 Å². The molecule has 0 unspecified atom stereocenters. The predicted molar refractivity (Wildman–Crippen MR) is 104 cm³/mol. The lowest BCUT2D eigenvalue weighted by atomic mass is 9.76. The Morgan fingerprint density at radius 2 is 1.81 bits per heavy atom. The number of carbonyl (C=O) groups excluding carboxylic acids is 1. The largest absolute Gasteiger partial charge is 0.493 e. The maximum absolute atomic E-state index is 14.4. The number of alkyl halides is 3. The first kappa shape index (κ1) is 22.9. The fraction of sp³-hybridized carbons (Fsp3) is 0.429. The minimum absolute atomic E-state index is 0.0106. The number of benzene rings is 1. The summed E-state index contributed by atoms with van der Waals surface area (Å²) in [4.78, 5) is 17.9. The quantitative estimate of drug-likeness (QED) is 0.714. The van der Waals surface area contributed by atoms with Gasteiger partial charge in [-0.05, 0) is 38.1 Å². The number of rotatable bonds is 4. The lowest BCUT2D eigenvalue weighted by Crippen LogP contribution is -2.57. The summed E-state index contributed by atoms with van der Waals surface area (Å²) in [6.45, 7) is 2.34. The van der Waals surface area contributed by atoms with Gasteiger partial charge < -0.3 is 10.1 Å². The average Bonchev–Trinajstić information content (AvgIpc) is 2.92. The Kier molecular flexibility index (Phi) is 5.96. The molecule has 31 heavy (non-hydrogen) atoms. The molecule has 0 aliphatic carbocycles. The Morgan fingerprint density at radius 1 is 1.19 bits per heavy atom. The Labute approximate surface area is 176 Å². The van der Waals surface area contributed by atoms with Crippen LogP contribution in [0.5, 0.6) is 5.75 Å². The molecule has 1 aliphatic rings. The Bertz CT molecular complexity index is 969. The minimum atomic E-state index is -4.70. The first-order chi connectivity index (χ1) is 14.4. The Morgan fingerprint density at radius 3 is 2.35 bits per heavy atom. The van der Waals surface area contributed by atoms with Crippen molar-refractivity contribution in [2.24, 2.45) is 5.92 Å². The number of amides is 1. The van der Waals surface area contributed by atoms with Gasteiger partial charge in [0.1, 0.15) is 5.54 Å². The molecule has 168 valence electrons. The second-order valence-electron chi connectivity index (χ2n) is 7.72. The van der Waals surface area contributed by atoms with Gasteiger partial charge in [0.05, 0.1) is 13.2 Å². The molecule has 2 aromatic rings. The van der Waals surface area contributed by atoms with Gasteiger partial charge >= 0.3 is 6.18 Å². The summed E-state index contributed by atoms with van der Waals surface area (Å²) < 4.78 is 75.7. The van der Waals surface area contributed by atoms with Gasteiger partial charge in [-0.15, -0.1) is 0 Å². The standard InChI is InChI=1S/C21H22F5N3O2/c1-11-15(13-5-6-14(22)16(23)18(13)31-4)17(29(3)20(11,2)21(24,25)26)19(30)28-12-7-9-27-10-8-12/h5-11,15,17H,1-4H3,(H,27,28,30)/t11-,15-,17+,20+/m0/s1. The molecular formula is C21H22F5N3O2. The Balaban J connectivity index is 2.16. The highest BCUT2D eigenvalue weighted by molar-refractivity contribution is 5.96. The van der Waals surface area contributed by atoms with Crippen molar-refractivity contribution in [3.05, 3.63) is 53.9 Å². The molecular weight excluding hydrogens is 421 g/mol. The SMILES string of the molecule is COc1c([C@H]2[C@H](C(=O)Nc3ccncc3)N(C)[C@@](C)(C(F)(F)F)[C@H]2C)ccc(F)c1F.